The number of sulfonamides is 1. The van der Waals surface area contributed by atoms with Gasteiger partial charge in [0, 0.05) is 18.7 Å². The molecular weight excluding hydrogens is 380 g/mol. The number of phenols is 1. The lowest BCUT2D eigenvalue weighted by Gasteiger charge is -2.34. The van der Waals surface area contributed by atoms with E-state index in [9.17, 15) is 18.3 Å². The number of rotatable bonds is 4. The normalized spacial score (nSPS) is 20.7. The zero-order valence-corrected chi connectivity index (χ0v) is 16.9. The summed E-state index contributed by atoms with van der Waals surface area (Å²) in [5.41, 5.74) is 1.46. The molecule has 2 atom stereocenters. The lowest BCUT2D eigenvalue weighted by atomic mass is 10.2. The molecule has 28 heavy (non-hydrogen) atoms. The number of hydrogen-bond donors (Lipinski definition) is 2. The second-order valence-electron chi connectivity index (χ2n) is 7.08. The number of anilines is 1. The highest BCUT2D eigenvalue weighted by Gasteiger charge is 2.32. The Hall–Kier alpha value is -2.42. The summed E-state index contributed by atoms with van der Waals surface area (Å²) in [6.07, 6.45) is -0.350. The Bertz CT molecular complexity index is 963. The number of nitrogens with one attached hydrogen (secondary N) is 1. The van der Waals surface area contributed by atoms with E-state index in [-0.39, 0.29) is 22.9 Å². The number of phenolic OH excluding ortho intramolecular Hbond substituents is 1. The van der Waals surface area contributed by atoms with E-state index in [2.05, 4.69) is 5.32 Å². The highest BCUT2D eigenvalue weighted by Crippen LogP contribution is 2.25. The van der Waals surface area contributed by atoms with Crippen LogP contribution in [0.4, 0.5) is 5.69 Å². The summed E-state index contributed by atoms with van der Waals surface area (Å²) in [6, 6.07) is 10.7. The molecule has 150 valence electrons. The van der Waals surface area contributed by atoms with E-state index in [4.69, 9.17) is 4.74 Å². The van der Waals surface area contributed by atoms with Crippen LogP contribution >= 0.6 is 0 Å². The van der Waals surface area contributed by atoms with Crippen molar-refractivity contribution in [3.8, 4) is 5.75 Å². The van der Waals surface area contributed by atoms with Gasteiger partial charge in [0.15, 0.2) is 0 Å². The zero-order valence-electron chi connectivity index (χ0n) is 16.0. The molecule has 2 aromatic carbocycles. The van der Waals surface area contributed by atoms with Gasteiger partial charge >= 0.3 is 0 Å². The Labute approximate surface area is 165 Å². The van der Waals surface area contributed by atoms with Gasteiger partial charge in [-0.15, -0.1) is 0 Å². The highest BCUT2D eigenvalue weighted by atomic mass is 32.2. The van der Waals surface area contributed by atoms with Gasteiger partial charge < -0.3 is 15.2 Å². The van der Waals surface area contributed by atoms with E-state index in [1.807, 2.05) is 20.8 Å². The van der Waals surface area contributed by atoms with E-state index in [1.165, 1.54) is 28.6 Å². The van der Waals surface area contributed by atoms with E-state index in [1.54, 1.807) is 18.2 Å². The molecule has 8 heteroatoms. The standard InChI is InChI=1S/C20H24N2O5S/c1-13-4-9-18(19(23)10-13)21-20(24)16-5-7-17(8-6-16)28(25,26)22-11-14(2)27-15(3)12-22/h4-10,14-15,23H,11-12H2,1-3H3,(H,21,24)/t14-,15-/m0/s1. The van der Waals surface area contributed by atoms with Crippen LogP contribution in [0, 0.1) is 6.92 Å². The molecule has 2 aromatic rings. The minimum absolute atomic E-state index is 0.0249. The van der Waals surface area contributed by atoms with Crippen molar-refractivity contribution in [3.63, 3.8) is 0 Å². The minimum atomic E-state index is -3.66. The number of aromatic hydroxyl groups is 1. The van der Waals surface area contributed by atoms with Gasteiger partial charge in [0.25, 0.3) is 5.91 Å². The van der Waals surface area contributed by atoms with Crippen LogP contribution < -0.4 is 5.32 Å². The van der Waals surface area contributed by atoms with Crippen LogP contribution in [0.2, 0.25) is 0 Å². The van der Waals surface area contributed by atoms with Crippen molar-refractivity contribution in [2.75, 3.05) is 18.4 Å². The number of carbonyl (C=O) groups excluding carboxylic acids is 1. The quantitative estimate of drug-likeness (QED) is 0.764. The summed E-state index contributed by atoms with van der Waals surface area (Å²) in [6.45, 7) is 6.10. The second-order valence-corrected chi connectivity index (χ2v) is 9.02. The number of nitrogens with zero attached hydrogens (tertiary/aromatic N) is 1. The summed E-state index contributed by atoms with van der Waals surface area (Å²) < 4.78 is 32.7. The maximum atomic E-state index is 12.9. The van der Waals surface area contributed by atoms with Crippen molar-refractivity contribution in [2.24, 2.45) is 0 Å². The van der Waals surface area contributed by atoms with Crippen molar-refractivity contribution in [1.29, 1.82) is 0 Å². The fourth-order valence-electron chi connectivity index (χ4n) is 3.20. The van der Waals surface area contributed by atoms with Crippen molar-refractivity contribution in [1.82, 2.24) is 4.31 Å². The van der Waals surface area contributed by atoms with Gasteiger partial charge in [0.1, 0.15) is 5.75 Å². The second kappa shape index (κ2) is 7.90. The molecule has 1 heterocycles. The maximum absolute atomic E-state index is 12.9. The summed E-state index contributed by atoms with van der Waals surface area (Å²) in [5, 5.41) is 12.5. The van der Waals surface area contributed by atoms with Crippen molar-refractivity contribution < 1.29 is 23.1 Å². The van der Waals surface area contributed by atoms with Gasteiger partial charge in [-0.1, -0.05) is 6.07 Å². The highest BCUT2D eigenvalue weighted by molar-refractivity contribution is 7.89. The van der Waals surface area contributed by atoms with E-state index in [0.29, 0.717) is 24.3 Å². The van der Waals surface area contributed by atoms with Gasteiger partial charge in [-0.05, 0) is 62.7 Å². The average Bonchev–Trinajstić information content (AvgIpc) is 2.63. The first-order chi connectivity index (χ1) is 13.2. The van der Waals surface area contributed by atoms with Crippen LogP contribution in [0.3, 0.4) is 0 Å². The maximum Gasteiger partial charge on any atom is 0.255 e. The Morgan fingerprint density at radius 1 is 1.11 bits per heavy atom. The van der Waals surface area contributed by atoms with Crippen LogP contribution in [0.25, 0.3) is 0 Å². The van der Waals surface area contributed by atoms with Crippen LogP contribution in [0.5, 0.6) is 5.75 Å². The van der Waals surface area contributed by atoms with E-state index >= 15 is 0 Å². The van der Waals surface area contributed by atoms with Crippen LogP contribution in [-0.2, 0) is 14.8 Å². The molecule has 3 rings (SSSR count). The van der Waals surface area contributed by atoms with Crippen molar-refractivity contribution in [2.45, 2.75) is 37.9 Å². The van der Waals surface area contributed by atoms with Gasteiger partial charge in [0.2, 0.25) is 10.0 Å². The molecular formula is C20H24N2O5S. The fourth-order valence-corrected chi connectivity index (χ4v) is 4.79. The van der Waals surface area contributed by atoms with Crippen LogP contribution in [-0.4, -0.2) is 49.0 Å². The number of carbonyl (C=O) groups is 1. The average molecular weight is 404 g/mol. The van der Waals surface area contributed by atoms with Gasteiger partial charge in [-0.2, -0.15) is 4.31 Å². The Morgan fingerprint density at radius 2 is 1.71 bits per heavy atom. The molecule has 2 N–H and O–H groups in total. The number of hydrogen-bond acceptors (Lipinski definition) is 5. The molecule has 0 saturated carbocycles. The van der Waals surface area contributed by atoms with Crippen LogP contribution in [0.15, 0.2) is 47.4 Å². The molecule has 1 fully saturated rings. The van der Waals surface area contributed by atoms with Gasteiger partial charge in [-0.25, -0.2) is 8.42 Å². The summed E-state index contributed by atoms with van der Waals surface area (Å²) in [5.74, 6) is -0.458. The third-order valence-corrected chi connectivity index (χ3v) is 6.39. The molecule has 1 aliphatic rings. The van der Waals surface area contributed by atoms with Crippen molar-refractivity contribution >= 4 is 21.6 Å². The molecule has 1 amide bonds. The lowest BCUT2D eigenvalue weighted by Crippen LogP contribution is -2.48. The monoisotopic (exact) mass is 404 g/mol. The first kappa shape index (κ1) is 20.3. The summed E-state index contributed by atoms with van der Waals surface area (Å²) in [4.78, 5) is 12.5. The number of aryl methyl sites for hydroxylation is 1. The summed E-state index contributed by atoms with van der Waals surface area (Å²) >= 11 is 0. The zero-order chi connectivity index (χ0) is 20.5. The third-order valence-electron chi connectivity index (χ3n) is 4.54. The predicted octanol–water partition coefficient (Wildman–Crippen LogP) is 2.75. The largest absolute Gasteiger partial charge is 0.506 e. The first-order valence-electron chi connectivity index (χ1n) is 9.03. The molecule has 1 saturated heterocycles. The Morgan fingerprint density at radius 3 is 2.29 bits per heavy atom. The molecule has 0 bridgehead atoms. The Kier molecular flexibility index (Phi) is 5.74. The third kappa shape index (κ3) is 4.35. The first-order valence-corrected chi connectivity index (χ1v) is 10.5. The van der Waals surface area contributed by atoms with Crippen molar-refractivity contribution in [3.05, 3.63) is 53.6 Å². The molecule has 1 aliphatic heterocycles. The minimum Gasteiger partial charge on any atom is -0.506 e. The molecule has 0 unspecified atom stereocenters. The van der Waals surface area contributed by atoms with E-state index < -0.39 is 15.9 Å². The SMILES string of the molecule is Cc1ccc(NC(=O)c2ccc(S(=O)(=O)N3C[C@H](C)O[C@@H](C)C3)cc2)c(O)c1. The molecule has 0 aromatic heterocycles. The Balaban J connectivity index is 1.76. The number of amides is 1. The molecule has 0 aliphatic carbocycles. The fraction of sp³-hybridized carbons (Fsp3) is 0.350. The van der Waals surface area contributed by atoms with Crippen LogP contribution in [0.1, 0.15) is 29.8 Å². The topological polar surface area (TPSA) is 95.9 Å². The molecule has 0 radical (unpaired) electrons. The van der Waals surface area contributed by atoms with E-state index in [0.717, 1.165) is 5.56 Å². The molecule has 7 nitrogen and oxygen atoms in total. The number of benzene rings is 2. The van der Waals surface area contributed by atoms with Gasteiger partial charge in [-0.3, -0.25) is 4.79 Å². The van der Waals surface area contributed by atoms with Gasteiger partial charge in [0.05, 0.1) is 22.8 Å². The number of ether oxygens (including phenoxy) is 1. The lowest BCUT2D eigenvalue weighted by molar-refractivity contribution is -0.0440. The summed E-state index contributed by atoms with van der Waals surface area (Å²) in [7, 11) is -3.66. The predicted molar refractivity (Wildman–Crippen MR) is 106 cm³/mol. The number of morpholine rings is 1. The smallest absolute Gasteiger partial charge is 0.255 e. The molecule has 0 spiro atoms.